The average Bonchev–Trinajstić information content (AvgIpc) is 3.98. The smallest absolute Gasteiger partial charge is 0.400 e. The molecule has 0 spiro atoms. The van der Waals surface area contributed by atoms with Crippen molar-refractivity contribution in [2.45, 2.75) is 109 Å². The Hall–Kier alpha value is -7.28. The topological polar surface area (TPSA) is 204 Å². The summed E-state index contributed by atoms with van der Waals surface area (Å²) in [5.74, 6) is -0.203. The number of hydrogen-bond donors (Lipinski definition) is 3. The zero-order valence-corrected chi connectivity index (χ0v) is 43.3. The zero-order chi connectivity index (χ0) is 59.2. The Morgan fingerprint density at radius 2 is 0.897 bits per heavy atom. The molecule has 8 heterocycles. The van der Waals surface area contributed by atoms with Crippen LogP contribution < -0.4 is 24.9 Å². The number of aliphatic hydroxyl groups is 2. The number of aromatic nitrogens is 4. The molecule has 7 unspecified atom stereocenters. The molecule has 4 aliphatic heterocycles. The SMILES string of the molecule is CC1C(C)N(c2cc(C(F)(F)F)ccn2)C(=O)N1C.CC1CN(C)C(=O)N1c1cc(C(F)(F)F)ccn1.CC1NC(=O)N(c2cc(C(F)(F)F)ccn2)C1C.CCOC1C(O)N(c2cc(C(F)(F)F)ccn2)C(=O)N1C.CO. The van der Waals surface area contributed by atoms with E-state index in [1.165, 1.54) is 31.5 Å². The minimum atomic E-state index is -4.56. The van der Waals surface area contributed by atoms with Gasteiger partial charge >= 0.3 is 48.8 Å². The lowest BCUT2D eigenvalue weighted by atomic mass is 10.1. The predicted octanol–water partition coefficient (Wildman–Crippen LogP) is 8.78. The van der Waals surface area contributed by atoms with E-state index in [1.54, 1.807) is 48.7 Å². The fourth-order valence-electron chi connectivity index (χ4n) is 7.95. The first-order chi connectivity index (χ1) is 36.1. The number of likely N-dealkylation sites (N-methyl/N-ethyl adjacent to an activating group) is 3. The fourth-order valence-corrected chi connectivity index (χ4v) is 7.95. The van der Waals surface area contributed by atoms with Crippen LogP contribution in [0.5, 0.6) is 0 Å². The van der Waals surface area contributed by atoms with E-state index < -0.39 is 71.5 Å². The summed E-state index contributed by atoms with van der Waals surface area (Å²) in [6.07, 6.45) is -16.1. The van der Waals surface area contributed by atoms with Gasteiger partial charge in [0.25, 0.3) is 0 Å². The molecule has 4 fully saturated rings. The van der Waals surface area contributed by atoms with Gasteiger partial charge in [0.2, 0.25) is 0 Å². The molecular weight excluding hydrogens is 1070 g/mol. The monoisotopic (exact) mass is 1130 g/mol. The first kappa shape index (κ1) is 63.3. The summed E-state index contributed by atoms with van der Waals surface area (Å²) >= 11 is 0. The van der Waals surface area contributed by atoms with Gasteiger partial charge in [0, 0.05) is 72.2 Å². The molecule has 4 aromatic heterocycles. The van der Waals surface area contributed by atoms with E-state index in [0.29, 0.717) is 12.6 Å². The molecule has 8 rings (SSSR count). The quantitative estimate of drug-likeness (QED) is 0.156. The number of nitrogens with zero attached hydrogens (tertiary/aromatic N) is 11. The fraction of sp³-hybridized carbons (Fsp3) is 0.489. The Labute approximate surface area is 439 Å². The Kier molecular flexibility index (Phi) is 20.3. The average molecular weight is 1130 g/mol. The van der Waals surface area contributed by atoms with Crippen LogP contribution in [0.4, 0.5) is 95.1 Å². The van der Waals surface area contributed by atoms with Crippen molar-refractivity contribution in [2.75, 3.05) is 61.0 Å². The molecule has 0 aliphatic carbocycles. The van der Waals surface area contributed by atoms with Crippen LogP contribution in [0.15, 0.2) is 73.3 Å². The van der Waals surface area contributed by atoms with E-state index in [1.807, 2.05) is 6.92 Å². The molecule has 430 valence electrons. The van der Waals surface area contributed by atoms with Crippen LogP contribution >= 0.6 is 0 Å². The summed E-state index contributed by atoms with van der Waals surface area (Å²) in [6, 6.07) is 4.17. The number of rotatable bonds is 6. The third kappa shape index (κ3) is 14.4. The predicted molar refractivity (Wildman–Crippen MR) is 257 cm³/mol. The second kappa shape index (κ2) is 25.0. The van der Waals surface area contributed by atoms with Gasteiger partial charge < -0.3 is 30.1 Å². The van der Waals surface area contributed by atoms with Crippen LogP contribution in [0.1, 0.15) is 63.8 Å². The number of halogens is 12. The molecule has 7 atom stereocenters. The van der Waals surface area contributed by atoms with Gasteiger partial charge in [-0.2, -0.15) is 52.7 Å². The largest absolute Gasteiger partial charge is 0.416 e. The Balaban J connectivity index is 0.000000222. The van der Waals surface area contributed by atoms with Gasteiger partial charge in [-0.05, 0) is 90.1 Å². The van der Waals surface area contributed by atoms with E-state index in [4.69, 9.17) is 9.84 Å². The first-order valence-electron chi connectivity index (χ1n) is 23.2. The maximum atomic E-state index is 12.7. The number of ether oxygens (including phenoxy) is 1. The third-order valence-electron chi connectivity index (χ3n) is 12.5. The molecule has 0 bridgehead atoms. The van der Waals surface area contributed by atoms with Crippen molar-refractivity contribution in [3.05, 3.63) is 95.6 Å². The molecule has 4 aromatic rings. The lowest BCUT2D eigenvalue weighted by molar-refractivity contribution is -0.138. The van der Waals surface area contributed by atoms with Crippen LogP contribution in [-0.4, -0.2) is 153 Å². The highest BCUT2D eigenvalue weighted by atomic mass is 19.4. The minimum Gasteiger partial charge on any atom is -0.400 e. The van der Waals surface area contributed by atoms with Crippen LogP contribution in [0.2, 0.25) is 0 Å². The van der Waals surface area contributed by atoms with E-state index in [9.17, 15) is 77.0 Å². The van der Waals surface area contributed by atoms with Crippen molar-refractivity contribution < 1.29 is 86.8 Å². The molecule has 19 nitrogen and oxygen atoms in total. The summed E-state index contributed by atoms with van der Waals surface area (Å²) in [6.45, 7) is 11.3. The number of urea groups is 4. The van der Waals surface area contributed by atoms with Crippen molar-refractivity contribution in [3.8, 4) is 0 Å². The number of pyridine rings is 4. The molecular formula is C47H56F12N12O7. The molecule has 78 heavy (non-hydrogen) atoms. The molecule has 31 heteroatoms. The van der Waals surface area contributed by atoms with Gasteiger partial charge in [-0.15, -0.1) is 0 Å². The highest BCUT2D eigenvalue weighted by Gasteiger charge is 2.46. The van der Waals surface area contributed by atoms with Gasteiger partial charge in [-0.25, -0.2) is 44.0 Å². The van der Waals surface area contributed by atoms with Gasteiger partial charge in [-0.1, -0.05) is 0 Å². The Morgan fingerprint density at radius 3 is 1.21 bits per heavy atom. The lowest BCUT2D eigenvalue weighted by Gasteiger charge is -2.21. The van der Waals surface area contributed by atoms with Crippen molar-refractivity contribution in [2.24, 2.45) is 0 Å². The maximum Gasteiger partial charge on any atom is 0.416 e. The Morgan fingerprint density at radius 1 is 0.538 bits per heavy atom. The zero-order valence-electron chi connectivity index (χ0n) is 43.3. The van der Waals surface area contributed by atoms with E-state index in [-0.39, 0.29) is 72.1 Å². The standard InChI is InChI=1S/C12H14F3N3O3.C12H14F3N3O.2C11H12F3N3O.CH4O/c1-3-21-10-9(19)18(11(20)17(10)2)8-6-7(4-5-16-8)12(13,14)15;1-7-8(2)18(11(19)17(7)3)10-6-9(4-5-16-10)12(13,14)15;1-7-6-16(2)10(18)17(7)9-5-8(3-4-15-9)11(12,13)14;1-6-7(2)17(10(18)16-6)9-5-8(3-4-15-9)11(12,13)14;1-2/h4-6,9-10,19H,3H2,1-2H3;4-8H,1-3H3;3-5,7H,6H2,1-2H3;3-7H,1-2H3,(H,16,18);2H,1H3. The number of carbonyl (C=O) groups excluding carboxylic acids is 4. The van der Waals surface area contributed by atoms with Crippen molar-refractivity contribution in [1.29, 1.82) is 0 Å². The number of nitrogens with one attached hydrogen (secondary N) is 1. The van der Waals surface area contributed by atoms with Crippen molar-refractivity contribution >= 4 is 47.4 Å². The third-order valence-corrected chi connectivity index (χ3v) is 12.5. The molecule has 0 saturated carbocycles. The number of alkyl halides is 12. The summed E-state index contributed by atoms with van der Waals surface area (Å²) in [7, 11) is 5.61. The van der Waals surface area contributed by atoms with Crippen LogP contribution in [0, 0.1) is 0 Å². The highest BCUT2D eigenvalue weighted by Crippen LogP contribution is 2.37. The minimum absolute atomic E-state index is 0.0131. The van der Waals surface area contributed by atoms with Crippen LogP contribution in [0.25, 0.3) is 0 Å². The van der Waals surface area contributed by atoms with Gasteiger partial charge in [-0.3, -0.25) is 19.6 Å². The van der Waals surface area contributed by atoms with Crippen LogP contribution in [-0.2, 0) is 29.4 Å². The highest BCUT2D eigenvalue weighted by molar-refractivity contribution is 5.96. The normalized spacial score (nSPS) is 22.6. The maximum absolute atomic E-state index is 12.7. The van der Waals surface area contributed by atoms with E-state index in [0.717, 1.165) is 84.2 Å². The number of carbonyl (C=O) groups is 4. The van der Waals surface area contributed by atoms with Gasteiger partial charge in [0.15, 0.2) is 12.5 Å². The first-order valence-corrected chi connectivity index (χ1v) is 23.2. The van der Waals surface area contributed by atoms with Crippen molar-refractivity contribution in [3.63, 3.8) is 0 Å². The number of amides is 8. The molecule has 0 radical (unpaired) electrons. The Bertz CT molecular complexity index is 2660. The molecule has 8 amide bonds. The molecule has 4 saturated heterocycles. The van der Waals surface area contributed by atoms with Gasteiger partial charge in [0.05, 0.1) is 46.4 Å². The summed E-state index contributed by atoms with van der Waals surface area (Å²) in [5, 5.41) is 19.7. The lowest BCUT2D eigenvalue weighted by Crippen LogP contribution is -2.38. The summed E-state index contributed by atoms with van der Waals surface area (Å²) in [4.78, 5) is 71.4. The van der Waals surface area contributed by atoms with Crippen molar-refractivity contribution in [1.82, 2.24) is 40.0 Å². The van der Waals surface area contributed by atoms with Crippen LogP contribution in [0.3, 0.4) is 0 Å². The number of anilines is 4. The summed E-state index contributed by atoms with van der Waals surface area (Å²) in [5.41, 5.74) is -3.37. The van der Waals surface area contributed by atoms with E-state index in [2.05, 4.69) is 25.3 Å². The second-order valence-electron chi connectivity index (χ2n) is 17.6. The van der Waals surface area contributed by atoms with E-state index >= 15 is 0 Å². The number of hydrogen-bond acceptors (Lipinski definition) is 11. The molecule has 4 aliphatic rings. The second-order valence-corrected chi connectivity index (χ2v) is 17.6. The summed E-state index contributed by atoms with van der Waals surface area (Å²) < 4.78 is 157. The molecule has 0 aromatic carbocycles. The number of aliphatic hydroxyl groups excluding tert-OH is 2. The van der Waals surface area contributed by atoms with Gasteiger partial charge in [0.1, 0.15) is 23.3 Å². The molecule has 3 N–H and O–H groups in total.